The van der Waals surface area contributed by atoms with Gasteiger partial charge in [0, 0.05) is 58.2 Å². The minimum absolute atomic E-state index is 0.0309. The predicted molar refractivity (Wildman–Crippen MR) is 117 cm³/mol. The van der Waals surface area contributed by atoms with Gasteiger partial charge in [-0.2, -0.15) is 5.10 Å². The molecule has 0 atom stereocenters. The van der Waals surface area contributed by atoms with Crippen LogP contribution in [0, 0.1) is 5.92 Å². The van der Waals surface area contributed by atoms with Crippen LogP contribution in [-0.2, 0) is 16.6 Å². The van der Waals surface area contributed by atoms with E-state index in [0.29, 0.717) is 18.8 Å². The Bertz CT molecular complexity index is 889. The standard InChI is InChI=1S/C21H30N8O2/c1-27-18(7-11-23-27)24-17-5-6-19(26-25-17)28-14-8-16(9-15-28)21(31)22-10-3-13-29-12-2-4-20(29)30/h5-7,11,16H,2-4,8-10,12-15H2,1H3,(H,22,31)(H,24,25). The molecule has 0 spiro atoms. The molecule has 4 rings (SSSR count). The number of amides is 2. The molecule has 0 aliphatic carbocycles. The summed E-state index contributed by atoms with van der Waals surface area (Å²) in [6.07, 6.45) is 5.75. The maximum absolute atomic E-state index is 12.5. The van der Waals surface area contributed by atoms with Gasteiger partial charge in [-0.1, -0.05) is 0 Å². The average Bonchev–Trinajstić information content (AvgIpc) is 3.39. The molecule has 10 nitrogen and oxygen atoms in total. The first kappa shape index (κ1) is 21.1. The number of piperidine rings is 1. The lowest BCUT2D eigenvalue weighted by Crippen LogP contribution is -2.41. The summed E-state index contributed by atoms with van der Waals surface area (Å²) in [5, 5.41) is 18.9. The number of aromatic nitrogens is 4. The highest BCUT2D eigenvalue weighted by Crippen LogP contribution is 2.23. The van der Waals surface area contributed by atoms with Gasteiger partial charge >= 0.3 is 0 Å². The van der Waals surface area contributed by atoms with E-state index in [0.717, 1.165) is 63.5 Å². The molecule has 2 aliphatic rings. The van der Waals surface area contributed by atoms with Crippen LogP contribution >= 0.6 is 0 Å². The van der Waals surface area contributed by atoms with E-state index >= 15 is 0 Å². The van der Waals surface area contributed by atoms with Crippen molar-refractivity contribution in [2.45, 2.75) is 32.1 Å². The summed E-state index contributed by atoms with van der Waals surface area (Å²) in [5.41, 5.74) is 0. The first-order valence-electron chi connectivity index (χ1n) is 11.0. The third-order valence-corrected chi connectivity index (χ3v) is 5.99. The molecule has 31 heavy (non-hydrogen) atoms. The lowest BCUT2D eigenvalue weighted by Gasteiger charge is -2.31. The summed E-state index contributed by atoms with van der Waals surface area (Å²) in [6, 6.07) is 5.72. The summed E-state index contributed by atoms with van der Waals surface area (Å²) < 4.78 is 1.73. The Morgan fingerprint density at radius 3 is 2.65 bits per heavy atom. The zero-order valence-electron chi connectivity index (χ0n) is 18.0. The molecule has 2 amide bonds. The van der Waals surface area contributed by atoms with E-state index in [1.807, 2.05) is 30.1 Å². The van der Waals surface area contributed by atoms with E-state index in [1.165, 1.54) is 0 Å². The number of carbonyl (C=O) groups excluding carboxylic acids is 2. The van der Waals surface area contributed by atoms with Crippen LogP contribution in [0.1, 0.15) is 32.1 Å². The number of anilines is 3. The van der Waals surface area contributed by atoms with Crippen molar-refractivity contribution >= 4 is 29.3 Å². The van der Waals surface area contributed by atoms with Gasteiger partial charge in [-0.05, 0) is 37.8 Å². The van der Waals surface area contributed by atoms with Gasteiger partial charge in [0.25, 0.3) is 0 Å². The van der Waals surface area contributed by atoms with Crippen LogP contribution in [0.4, 0.5) is 17.5 Å². The zero-order chi connectivity index (χ0) is 21.6. The predicted octanol–water partition coefficient (Wildman–Crippen LogP) is 1.30. The van der Waals surface area contributed by atoms with Gasteiger partial charge in [0.15, 0.2) is 11.6 Å². The molecular weight excluding hydrogens is 396 g/mol. The fourth-order valence-corrected chi connectivity index (χ4v) is 4.13. The van der Waals surface area contributed by atoms with E-state index in [-0.39, 0.29) is 17.7 Å². The fraction of sp³-hybridized carbons (Fsp3) is 0.571. The molecule has 2 aliphatic heterocycles. The van der Waals surface area contributed by atoms with E-state index in [2.05, 4.69) is 30.8 Å². The normalized spacial score (nSPS) is 17.3. The smallest absolute Gasteiger partial charge is 0.223 e. The SMILES string of the molecule is Cn1nccc1Nc1ccc(N2CCC(C(=O)NCCCN3CCCC3=O)CC2)nn1. The van der Waals surface area contributed by atoms with Crippen LogP contribution in [0.2, 0.25) is 0 Å². The quantitative estimate of drug-likeness (QED) is 0.613. The molecule has 0 bridgehead atoms. The molecule has 0 saturated carbocycles. The van der Waals surface area contributed by atoms with Crippen molar-refractivity contribution < 1.29 is 9.59 Å². The first-order chi connectivity index (χ1) is 15.1. The lowest BCUT2D eigenvalue weighted by atomic mass is 9.96. The molecule has 2 saturated heterocycles. The molecule has 4 heterocycles. The van der Waals surface area contributed by atoms with Crippen molar-refractivity contribution in [3.05, 3.63) is 24.4 Å². The number of rotatable bonds is 8. The van der Waals surface area contributed by atoms with E-state index in [9.17, 15) is 9.59 Å². The maximum atomic E-state index is 12.5. The van der Waals surface area contributed by atoms with Crippen molar-refractivity contribution in [2.24, 2.45) is 13.0 Å². The number of nitrogens with zero attached hydrogens (tertiary/aromatic N) is 6. The Balaban J connectivity index is 1.18. The van der Waals surface area contributed by atoms with Crippen molar-refractivity contribution in [2.75, 3.05) is 42.9 Å². The molecular formula is C21H30N8O2. The second-order valence-corrected chi connectivity index (χ2v) is 8.13. The molecule has 2 aromatic heterocycles. The van der Waals surface area contributed by atoms with Crippen molar-refractivity contribution in [3.63, 3.8) is 0 Å². The summed E-state index contributed by atoms with van der Waals surface area (Å²) >= 11 is 0. The van der Waals surface area contributed by atoms with Crippen molar-refractivity contribution in [1.82, 2.24) is 30.2 Å². The van der Waals surface area contributed by atoms with Gasteiger partial charge in [0.1, 0.15) is 5.82 Å². The third-order valence-electron chi connectivity index (χ3n) is 5.99. The monoisotopic (exact) mass is 426 g/mol. The van der Waals surface area contributed by atoms with Crippen molar-refractivity contribution in [3.8, 4) is 0 Å². The molecule has 166 valence electrons. The minimum atomic E-state index is 0.0309. The lowest BCUT2D eigenvalue weighted by molar-refractivity contribution is -0.127. The summed E-state index contributed by atoms with van der Waals surface area (Å²) in [4.78, 5) is 28.2. The minimum Gasteiger partial charge on any atom is -0.356 e. The largest absolute Gasteiger partial charge is 0.356 e. The third kappa shape index (κ3) is 5.31. The molecule has 2 aromatic rings. The van der Waals surface area contributed by atoms with Crippen LogP contribution in [0.25, 0.3) is 0 Å². The number of nitrogens with one attached hydrogen (secondary N) is 2. The molecule has 0 radical (unpaired) electrons. The first-order valence-corrected chi connectivity index (χ1v) is 11.0. The van der Waals surface area contributed by atoms with E-state index in [1.54, 1.807) is 10.9 Å². The van der Waals surface area contributed by atoms with Gasteiger partial charge in [-0.25, -0.2) is 0 Å². The highest BCUT2D eigenvalue weighted by molar-refractivity contribution is 5.79. The highest BCUT2D eigenvalue weighted by atomic mass is 16.2. The van der Waals surface area contributed by atoms with Gasteiger partial charge in [0.2, 0.25) is 11.8 Å². The summed E-state index contributed by atoms with van der Waals surface area (Å²) in [5.74, 6) is 2.73. The maximum Gasteiger partial charge on any atom is 0.223 e. The van der Waals surface area contributed by atoms with Crippen LogP contribution in [0.3, 0.4) is 0 Å². The Kier molecular flexibility index (Phi) is 6.63. The number of hydrogen-bond acceptors (Lipinski definition) is 7. The second kappa shape index (κ2) is 9.76. The molecule has 2 fully saturated rings. The van der Waals surface area contributed by atoms with Gasteiger partial charge in [-0.15, -0.1) is 10.2 Å². The zero-order valence-corrected chi connectivity index (χ0v) is 18.0. The van der Waals surface area contributed by atoms with Gasteiger partial charge in [0.05, 0.1) is 6.20 Å². The second-order valence-electron chi connectivity index (χ2n) is 8.13. The molecule has 2 N–H and O–H groups in total. The highest BCUT2D eigenvalue weighted by Gasteiger charge is 2.26. The van der Waals surface area contributed by atoms with Crippen LogP contribution in [0.15, 0.2) is 24.4 Å². The molecule has 0 unspecified atom stereocenters. The Hall–Kier alpha value is -3.17. The Morgan fingerprint density at radius 2 is 2.00 bits per heavy atom. The fourth-order valence-electron chi connectivity index (χ4n) is 4.13. The van der Waals surface area contributed by atoms with Crippen LogP contribution in [-0.4, -0.2) is 69.4 Å². The molecule has 10 heteroatoms. The Morgan fingerprint density at radius 1 is 1.16 bits per heavy atom. The Labute approximate surface area is 182 Å². The van der Waals surface area contributed by atoms with E-state index in [4.69, 9.17) is 0 Å². The van der Waals surface area contributed by atoms with Crippen LogP contribution < -0.4 is 15.5 Å². The van der Waals surface area contributed by atoms with Gasteiger partial charge < -0.3 is 20.4 Å². The number of aryl methyl sites for hydroxylation is 1. The van der Waals surface area contributed by atoms with Crippen LogP contribution in [0.5, 0.6) is 0 Å². The van der Waals surface area contributed by atoms with Gasteiger partial charge in [-0.3, -0.25) is 14.3 Å². The summed E-state index contributed by atoms with van der Waals surface area (Å²) in [7, 11) is 1.86. The number of carbonyl (C=O) groups is 2. The topological polar surface area (TPSA) is 108 Å². The van der Waals surface area contributed by atoms with E-state index < -0.39 is 0 Å². The summed E-state index contributed by atoms with van der Waals surface area (Å²) in [6.45, 7) is 3.78. The number of likely N-dealkylation sites (tertiary alicyclic amines) is 1. The average molecular weight is 427 g/mol. The van der Waals surface area contributed by atoms with Crippen molar-refractivity contribution in [1.29, 1.82) is 0 Å². The molecule has 0 aromatic carbocycles. The number of hydrogen-bond donors (Lipinski definition) is 2.